The lowest BCUT2D eigenvalue weighted by Gasteiger charge is -2.37. The van der Waals surface area contributed by atoms with E-state index in [1.54, 1.807) is 48.3 Å². The zero-order valence-corrected chi connectivity index (χ0v) is 66.0. The molecule has 6 aromatic heterocycles. The van der Waals surface area contributed by atoms with E-state index in [9.17, 15) is 0 Å². The molecule has 101 heavy (non-hydrogen) atoms. The van der Waals surface area contributed by atoms with Gasteiger partial charge in [-0.2, -0.15) is 20.6 Å². The third-order valence-electron chi connectivity index (χ3n) is 14.2. The van der Waals surface area contributed by atoms with Crippen molar-refractivity contribution >= 4 is 0 Å². The summed E-state index contributed by atoms with van der Waals surface area (Å²) < 4.78 is 50.2. The van der Waals surface area contributed by atoms with Gasteiger partial charge in [0.25, 0.3) is 6.33 Å². The number of tetrazole rings is 2. The summed E-state index contributed by atoms with van der Waals surface area (Å²) in [7, 11) is 8.71. The lowest BCUT2D eigenvalue weighted by Crippen LogP contribution is -2.52. The molecule has 1 unspecified atom stereocenters. The van der Waals surface area contributed by atoms with Crippen molar-refractivity contribution in [3.63, 3.8) is 0 Å². The highest BCUT2D eigenvalue weighted by Crippen LogP contribution is 2.08. The van der Waals surface area contributed by atoms with Gasteiger partial charge in [-0.1, -0.05) is 16.5 Å². The van der Waals surface area contributed by atoms with E-state index in [1.807, 2.05) is 107 Å². The normalized spacial score (nSPS) is 15.5. The van der Waals surface area contributed by atoms with Crippen molar-refractivity contribution in [2.75, 3.05) is 133 Å². The number of nitrogens with zero attached hydrogens (tertiary/aromatic N) is 17. The van der Waals surface area contributed by atoms with Crippen LogP contribution >= 0.6 is 0 Å². The van der Waals surface area contributed by atoms with Crippen LogP contribution in [-0.2, 0) is 82.2 Å². The minimum absolute atomic E-state index is 0.207. The number of hydrogen-bond acceptors (Lipinski definition) is 25. The Morgan fingerprint density at radius 3 is 1.56 bits per heavy atom. The molecule has 30 heteroatoms. The van der Waals surface area contributed by atoms with E-state index >= 15 is 0 Å². The fraction of sp³-hybridized carbons (Fsp3) is 0.761. The van der Waals surface area contributed by atoms with Gasteiger partial charge in [-0.15, -0.1) is 14.9 Å². The Morgan fingerprint density at radius 1 is 0.485 bits per heavy atom. The van der Waals surface area contributed by atoms with Gasteiger partial charge in [0.05, 0.1) is 126 Å². The number of likely N-dealkylation sites (N-methyl/N-ethyl adjacent to an activating group) is 4. The second kappa shape index (κ2) is 59.6. The first-order valence-electron chi connectivity index (χ1n) is 36.0. The SMILES string of the molecule is CC(C)OCC1CN(C)CCN1C.CC(C)OCCN1CCN(C)CC1.CC(C)OCCc1cccnc1.CC(C)OCN1CCN(C)CC1.CC(C)OC[n+]1cnn[nH]1.CC(C)OCc1ccncc1.CC(C)OCc1cn[nH]n1.CC(C)OCc1cnc[nH]1.CC(C)OCc1nn[nH]n1. The van der Waals surface area contributed by atoms with Crippen molar-refractivity contribution in [1.29, 1.82) is 0 Å². The van der Waals surface area contributed by atoms with Gasteiger partial charge in [-0.05, 0) is 189 Å². The summed E-state index contributed by atoms with van der Waals surface area (Å²) in [5.41, 5.74) is 4.27. The number of aromatic nitrogens is 15. The van der Waals surface area contributed by atoms with Crippen molar-refractivity contribution in [2.45, 2.75) is 225 Å². The van der Waals surface area contributed by atoms with Gasteiger partial charge in [0.15, 0.2) is 17.8 Å². The van der Waals surface area contributed by atoms with Gasteiger partial charge in [0.1, 0.15) is 17.4 Å². The summed E-state index contributed by atoms with van der Waals surface area (Å²) in [6, 6.07) is 8.51. The maximum atomic E-state index is 5.63. The van der Waals surface area contributed by atoms with Gasteiger partial charge >= 0.3 is 0 Å². The van der Waals surface area contributed by atoms with E-state index in [0.717, 1.165) is 77.1 Å². The summed E-state index contributed by atoms with van der Waals surface area (Å²) in [6.07, 6.45) is 17.5. The van der Waals surface area contributed by atoms with Crippen molar-refractivity contribution < 1.29 is 47.3 Å². The van der Waals surface area contributed by atoms with E-state index in [0.29, 0.717) is 75.5 Å². The lowest BCUT2D eigenvalue weighted by molar-refractivity contribution is -0.787. The van der Waals surface area contributed by atoms with E-state index in [2.05, 4.69) is 177 Å². The van der Waals surface area contributed by atoms with Crippen LogP contribution in [0.1, 0.15) is 153 Å². The molecule has 4 N–H and O–H groups in total. The first-order chi connectivity index (χ1) is 48.2. The van der Waals surface area contributed by atoms with E-state index in [4.69, 9.17) is 42.6 Å². The number of imidazole rings is 1. The quantitative estimate of drug-likeness (QED) is 0.0328. The third kappa shape index (κ3) is 57.3. The molecular weight excluding hydrogens is 1290 g/mol. The largest absolute Gasteiger partial charge is 0.378 e. The van der Waals surface area contributed by atoms with Crippen LogP contribution in [0.4, 0.5) is 0 Å². The second-order valence-electron chi connectivity index (χ2n) is 27.0. The number of rotatable bonds is 29. The molecular formula is C71H136N21O9+. The van der Waals surface area contributed by atoms with Crippen molar-refractivity contribution in [2.24, 2.45) is 0 Å². The van der Waals surface area contributed by atoms with Crippen LogP contribution in [-0.4, -0.2) is 295 Å². The maximum Gasteiger partial charge on any atom is 0.290 e. The Morgan fingerprint density at radius 2 is 1.05 bits per heavy atom. The zero-order chi connectivity index (χ0) is 75.0. The highest BCUT2D eigenvalue weighted by atomic mass is 16.5. The number of H-pyrrole nitrogens is 4. The standard InChI is InChI=1S/2C10H22N2O.C10H15NO.C9H20N2O.C9H13NO.C7H12N2O.C6H11N3O.2C5H10N4O/c1-9(2)13-8-10-7-11(3)5-6-12(10)4;1-10(2)13-9-8-12-6-4-11(3)5-7-12;1-9(2)12-7-5-10-4-3-6-11-8-10;1-9(2)12-8-11-6-4-10(3)5-7-11;1-8(2)11-7-9-3-5-10-6-4-9;1-6(2)10-4-7-3-8-5-9-7;1-5(2)10-4-6-3-7-9-8-6;1-5(2)10-4-9-3-6-7-8-9;1-4(2)10-3-5-6-8-9-7-5/h9-10H,5-8H2,1-4H3;10H,4-9H2,1-3H3;3-4,6,8-9H,5,7H2,1-2H3;9H,4-8H2,1-3H3;3-6,8H,7H2,1-2H3;3,5-6H,4H2,1-2H3,(H,8,9);3,5H,4H2,1-2H3,(H,7,8,9);3,5H,4H2,1-2H3;4H,3H2,1-2H3,(H,6,7,8,9)/p+1. The number of ether oxygens (including phenoxy) is 9. The predicted octanol–water partition coefficient (Wildman–Crippen LogP) is 7.65. The summed E-state index contributed by atoms with van der Waals surface area (Å²) in [4.78, 5) is 29.1. The fourth-order valence-electron chi connectivity index (χ4n) is 8.15. The summed E-state index contributed by atoms with van der Waals surface area (Å²) in [5.74, 6) is 0.591. The average molecular weight is 1430 g/mol. The molecule has 3 saturated heterocycles. The smallest absolute Gasteiger partial charge is 0.290 e. The Balaban J connectivity index is 0.000000569. The van der Waals surface area contributed by atoms with Gasteiger partial charge < -0.3 is 62.3 Å². The fourth-order valence-corrected chi connectivity index (χ4v) is 8.15. The van der Waals surface area contributed by atoms with Crippen molar-refractivity contribution in [3.05, 3.63) is 102 Å². The molecule has 6 aromatic rings. The molecule has 0 aliphatic carbocycles. The number of piperazine rings is 3. The van der Waals surface area contributed by atoms with E-state index < -0.39 is 0 Å². The Labute approximate surface area is 606 Å². The molecule has 0 amide bonds. The van der Waals surface area contributed by atoms with Gasteiger partial charge in [0.2, 0.25) is 0 Å². The van der Waals surface area contributed by atoms with Crippen LogP contribution in [0, 0.1) is 0 Å². The first kappa shape index (κ1) is 93.2. The van der Waals surface area contributed by atoms with Crippen molar-refractivity contribution in [3.8, 4) is 0 Å². The molecule has 1 atom stereocenters. The van der Waals surface area contributed by atoms with Crippen LogP contribution in [0.3, 0.4) is 0 Å². The van der Waals surface area contributed by atoms with Crippen LogP contribution in [0.2, 0.25) is 0 Å². The van der Waals surface area contributed by atoms with E-state index in [-0.39, 0.29) is 24.4 Å². The average Bonchev–Trinajstić information content (AvgIpc) is 1.70. The molecule has 0 bridgehead atoms. The minimum atomic E-state index is 0.207. The summed E-state index contributed by atoms with van der Waals surface area (Å²) >= 11 is 0. The van der Waals surface area contributed by atoms with Gasteiger partial charge in [0, 0.05) is 109 Å². The molecule has 0 saturated carbocycles. The monoisotopic (exact) mass is 1430 g/mol. The highest BCUT2D eigenvalue weighted by Gasteiger charge is 2.22. The number of aromatic amines is 4. The molecule has 9 rings (SSSR count). The zero-order valence-electron chi connectivity index (χ0n) is 66.0. The van der Waals surface area contributed by atoms with E-state index in [1.165, 1.54) is 56.9 Å². The summed E-state index contributed by atoms with van der Waals surface area (Å²) in [5, 5.41) is 32.9. The molecule has 3 fully saturated rings. The number of pyridine rings is 2. The molecule has 3 aliphatic heterocycles. The number of hydrogen-bond donors (Lipinski definition) is 4. The highest BCUT2D eigenvalue weighted by molar-refractivity contribution is 5.09. The Hall–Kier alpha value is -5.81. The van der Waals surface area contributed by atoms with Gasteiger partial charge in [-0.25, -0.2) is 4.98 Å². The molecule has 578 valence electrons. The first-order valence-corrected chi connectivity index (χ1v) is 36.0. The van der Waals surface area contributed by atoms with Crippen LogP contribution in [0.5, 0.6) is 0 Å². The predicted molar refractivity (Wildman–Crippen MR) is 395 cm³/mol. The Kier molecular flexibility index (Phi) is 55.0. The van der Waals surface area contributed by atoms with Crippen LogP contribution in [0.25, 0.3) is 0 Å². The lowest BCUT2D eigenvalue weighted by atomic mass is 10.2. The Bertz CT molecular complexity index is 2460. The van der Waals surface area contributed by atoms with Gasteiger partial charge in [-0.3, -0.25) is 24.7 Å². The molecule has 0 aromatic carbocycles. The molecule has 9 heterocycles. The number of nitrogens with one attached hydrogen (secondary N) is 4. The van der Waals surface area contributed by atoms with Crippen LogP contribution in [0.15, 0.2) is 74.1 Å². The molecule has 0 radical (unpaired) electrons. The minimum Gasteiger partial charge on any atom is -0.378 e. The summed E-state index contributed by atoms with van der Waals surface area (Å²) in [6.45, 7) is 56.5. The molecule has 30 nitrogen and oxygen atoms in total. The topological polar surface area (TPSA) is 298 Å². The maximum absolute atomic E-state index is 5.63. The second-order valence-corrected chi connectivity index (χ2v) is 27.0. The molecule has 0 spiro atoms. The third-order valence-corrected chi connectivity index (χ3v) is 14.2. The van der Waals surface area contributed by atoms with Crippen LogP contribution < -0.4 is 4.68 Å². The molecule has 3 aliphatic rings. The van der Waals surface area contributed by atoms with Crippen molar-refractivity contribution in [1.82, 2.24) is 101 Å².